The Hall–Kier alpha value is -2.82. The SMILES string of the molecule is COC(=O)c1ccc(CNC(=O)NC(C)CCc2ccccc2)cc1. The van der Waals surface area contributed by atoms with E-state index >= 15 is 0 Å². The van der Waals surface area contributed by atoms with Gasteiger partial charge in [0.25, 0.3) is 0 Å². The lowest BCUT2D eigenvalue weighted by Gasteiger charge is -2.15. The Morgan fingerprint density at radius 3 is 2.32 bits per heavy atom. The Bertz CT molecular complexity index is 684. The number of hydrogen-bond donors (Lipinski definition) is 2. The lowest BCUT2D eigenvalue weighted by atomic mass is 10.1. The highest BCUT2D eigenvalue weighted by Crippen LogP contribution is 2.06. The maximum Gasteiger partial charge on any atom is 0.337 e. The van der Waals surface area contributed by atoms with Crippen molar-refractivity contribution in [2.75, 3.05) is 7.11 Å². The minimum absolute atomic E-state index is 0.0851. The van der Waals surface area contributed by atoms with Crippen LogP contribution in [0, 0.1) is 0 Å². The molecule has 0 aromatic heterocycles. The fraction of sp³-hybridized carbons (Fsp3) is 0.300. The van der Waals surface area contributed by atoms with Crippen LogP contribution in [0.3, 0.4) is 0 Å². The highest BCUT2D eigenvalue weighted by atomic mass is 16.5. The number of aryl methyl sites for hydroxylation is 1. The summed E-state index contributed by atoms with van der Waals surface area (Å²) in [5, 5.41) is 5.76. The van der Waals surface area contributed by atoms with Crippen LogP contribution < -0.4 is 10.6 Å². The van der Waals surface area contributed by atoms with Gasteiger partial charge in [0.15, 0.2) is 0 Å². The fourth-order valence-corrected chi connectivity index (χ4v) is 2.43. The highest BCUT2D eigenvalue weighted by Gasteiger charge is 2.08. The lowest BCUT2D eigenvalue weighted by molar-refractivity contribution is 0.0600. The molecule has 5 nitrogen and oxygen atoms in total. The Morgan fingerprint density at radius 1 is 1.00 bits per heavy atom. The van der Waals surface area contributed by atoms with Gasteiger partial charge in [0.2, 0.25) is 0 Å². The van der Waals surface area contributed by atoms with Crippen LogP contribution in [0.5, 0.6) is 0 Å². The van der Waals surface area contributed by atoms with E-state index in [4.69, 9.17) is 0 Å². The van der Waals surface area contributed by atoms with Gasteiger partial charge >= 0.3 is 12.0 Å². The van der Waals surface area contributed by atoms with Crippen molar-refractivity contribution < 1.29 is 14.3 Å². The summed E-state index contributed by atoms with van der Waals surface area (Å²) in [6, 6.07) is 17.1. The van der Waals surface area contributed by atoms with Crippen LogP contribution in [0.15, 0.2) is 54.6 Å². The van der Waals surface area contributed by atoms with Crippen molar-refractivity contribution in [3.63, 3.8) is 0 Å². The molecule has 0 saturated heterocycles. The van der Waals surface area contributed by atoms with Crippen molar-refractivity contribution in [3.8, 4) is 0 Å². The molecular formula is C20H24N2O3. The van der Waals surface area contributed by atoms with Crippen LogP contribution in [0.4, 0.5) is 4.79 Å². The summed E-state index contributed by atoms with van der Waals surface area (Å²) >= 11 is 0. The molecule has 0 fully saturated rings. The van der Waals surface area contributed by atoms with E-state index in [2.05, 4.69) is 27.5 Å². The molecule has 2 aromatic rings. The van der Waals surface area contributed by atoms with Gasteiger partial charge in [-0.3, -0.25) is 0 Å². The van der Waals surface area contributed by atoms with E-state index in [1.807, 2.05) is 25.1 Å². The van der Waals surface area contributed by atoms with E-state index < -0.39 is 0 Å². The number of carbonyl (C=O) groups is 2. The number of amides is 2. The molecule has 0 spiro atoms. The standard InChI is InChI=1S/C20H24N2O3/c1-15(8-9-16-6-4-3-5-7-16)22-20(24)21-14-17-10-12-18(13-11-17)19(23)25-2/h3-7,10-13,15H,8-9,14H2,1-2H3,(H2,21,22,24). The predicted molar refractivity (Wildman–Crippen MR) is 97.4 cm³/mol. The molecule has 0 saturated carbocycles. The van der Waals surface area contributed by atoms with Crippen molar-refractivity contribution in [2.24, 2.45) is 0 Å². The first-order chi connectivity index (χ1) is 12.1. The molecule has 2 aromatic carbocycles. The van der Waals surface area contributed by atoms with Crippen molar-refractivity contribution in [3.05, 3.63) is 71.3 Å². The number of ether oxygens (including phenoxy) is 1. The van der Waals surface area contributed by atoms with Crippen LogP contribution in [-0.2, 0) is 17.7 Å². The first-order valence-electron chi connectivity index (χ1n) is 8.34. The van der Waals surface area contributed by atoms with E-state index in [0.29, 0.717) is 12.1 Å². The molecule has 132 valence electrons. The quantitative estimate of drug-likeness (QED) is 0.760. The molecular weight excluding hydrogens is 316 g/mol. The predicted octanol–water partition coefficient (Wildman–Crippen LogP) is 3.29. The highest BCUT2D eigenvalue weighted by molar-refractivity contribution is 5.89. The summed E-state index contributed by atoms with van der Waals surface area (Å²) in [6.07, 6.45) is 1.81. The number of esters is 1. The zero-order valence-electron chi connectivity index (χ0n) is 14.6. The van der Waals surface area contributed by atoms with Crippen molar-refractivity contribution in [1.82, 2.24) is 10.6 Å². The summed E-state index contributed by atoms with van der Waals surface area (Å²) in [5.41, 5.74) is 2.67. The van der Waals surface area contributed by atoms with E-state index in [-0.39, 0.29) is 18.0 Å². The molecule has 0 bridgehead atoms. The minimum Gasteiger partial charge on any atom is -0.465 e. The molecule has 0 aliphatic heterocycles. The van der Waals surface area contributed by atoms with Crippen LogP contribution in [-0.4, -0.2) is 25.2 Å². The molecule has 2 N–H and O–H groups in total. The van der Waals surface area contributed by atoms with E-state index in [9.17, 15) is 9.59 Å². The monoisotopic (exact) mass is 340 g/mol. The zero-order chi connectivity index (χ0) is 18.1. The third kappa shape index (κ3) is 6.30. The van der Waals surface area contributed by atoms with Crippen LogP contribution in [0.1, 0.15) is 34.8 Å². The summed E-state index contributed by atoms with van der Waals surface area (Å²) in [4.78, 5) is 23.3. The Kier molecular flexibility index (Phi) is 7.01. The smallest absolute Gasteiger partial charge is 0.337 e. The van der Waals surface area contributed by atoms with E-state index in [0.717, 1.165) is 18.4 Å². The third-order valence-electron chi connectivity index (χ3n) is 3.91. The first-order valence-corrected chi connectivity index (χ1v) is 8.34. The topological polar surface area (TPSA) is 67.4 Å². The van der Waals surface area contributed by atoms with Gasteiger partial charge in [-0.05, 0) is 43.0 Å². The van der Waals surface area contributed by atoms with Crippen molar-refractivity contribution in [1.29, 1.82) is 0 Å². The van der Waals surface area contributed by atoms with Crippen molar-refractivity contribution >= 4 is 12.0 Å². The maximum atomic E-state index is 12.0. The Morgan fingerprint density at radius 2 is 1.68 bits per heavy atom. The second-order valence-corrected chi connectivity index (χ2v) is 5.94. The molecule has 0 radical (unpaired) electrons. The minimum atomic E-state index is -0.371. The van der Waals surface area contributed by atoms with Gasteiger partial charge in [-0.15, -0.1) is 0 Å². The largest absolute Gasteiger partial charge is 0.465 e. The normalized spacial score (nSPS) is 11.4. The molecule has 1 atom stereocenters. The number of carbonyl (C=O) groups excluding carboxylic acids is 2. The zero-order valence-corrected chi connectivity index (χ0v) is 14.6. The van der Waals surface area contributed by atoms with E-state index in [1.54, 1.807) is 24.3 Å². The first kappa shape index (κ1) is 18.5. The molecule has 25 heavy (non-hydrogen) atoms. The number of rotatable bonds is 7. The van der Waals surface area contributed by atoms with Crippen LogP contribution in [0.2, 0.25) is 0 Å². The Balaban J connectivity index is 1.71. The van der Waals surface area contributed by atoms with Gasteiger partial charge in [-0.25, -0.2) is 9.59 Å². The second-order valence-electron chi connectivity index (χ2n) is 5.94. The fourth-order valence-electron chi connectivity index (χ4n) is 2.43. The van der Waals surface area contributed by atoms with Gasteiger partial charge in [0, 0.05) is 12.6 Å². The van der Waals surface area contributed by atoms with Gasteiger partial charge in [-0.2, -0.15) is 0 Å². The van der Waals surface area contributed by atoms with Crippen molar-refractivity contribution in [2.45, 2.75) is 32.4 Å². The molecule has 0 aliphatic carbocycles. The summed E-state index contributed by atoms with van der Waals surface area (Å²) < 4.78 is 4.65. The molecule has 5 heteroatoms. The molecule has 0 heterocycles. The number of nitrogens with one attached hydrogen (secondary N) is 2. The number of hydrogen-bond acceptors (Lipinski definition) is 3. The maximum absolute atomic E-state index is 12.0. The number of urea groups is 1. The molecule has 2 amide bonds. The Labute approximate surface area is 148 Å². The van der Waals surface area contributed by atoms with Gasteiger partial charge in [0.1, 0.15) is 0 Å². The number of methoxy groups -OCH3 is 1. The van der Waals surface area contributed by atoms with Crippen LogP contribution in [0.25, 0.3) is 0 Å². The third-order valence-corrected chi connectivity index (χ3v) is 3.91. The molecule has 2 rings (SSSR count). The summed E-state index contributed by atoms with van der Waals surface area (Å²) in [5.74, 6) is -0.371. The second kappa shape index (κ2) is 9.47. The number of benzene rings is 2. The average molecular weight is 340 g/mol. The van der Waals surface area contributed by atoms with E-state index in [1.165, 1.54) is 12.7 Å². The average Bonchev–Trinajstić information content (AvgIpc) is 2.65. The molecule has 0 aliphatic rings. The lowest BCUT2D eigenvalue weighted by Crippen LogP contribution is -2.40. The van der Waals surface area contributed by atoms with Gasteiger partial charge in [-0.1, -0.05) is 42.5 Å². The van der Waals surface area contributed by atoms with Gasteiger partial charge in [0.05, 0.1) is 12.7 Å². The summed E-state index contributed by atoms with van der Waals surface area (Å²) in [7, 11) is 1.35. The van der Waals surface area contributed by atoms with Gasteiger partial charge < -0.3 is 15.4 Å². The molecule has 1 unspecified atom stereocenters. The van der Waals surface area contributed by atoms with Crippen LogP contribution >= 0.6 is 0 Å². The summed E-state index contributed by atoms with van der Waals surface area (Å²) in [6.45, 7) is 2.40.